The van der Waals surface area contributed by atoms with Gasteiger partial charge in [0, 0.05) is 22.0 Å². The SMILES string of the molecule is C#CCCC(=O)c1ccc(F)cc1I. The van der Waals surface area contributed by atoms with Crippen molar-refractivity contribution in [1.29, 1.82) is 0 Å². The first-order valence-corrected chi connectivity index (χ1v) is 5.14. The molecule has 1 aromatic carbocycles. The van der Waals surface area contributed by atoms with Crippen LogP contribution in [0.4, 0.5) is 4.39 Å². The average molecular weight is 302 g/mol. The van der Waals surface area contributed by atoms with Crippen molar-refractivity contribution < 1.29 is 9.18 Å². The van der Waals surface area contributed by atoms with Crippen LogP contribution in [0.3, 0.4) is 0 Å². The fourth-order valence-corrected chi connectivity index (χ4v) is 1.81. The number of rotatable bonds is 3. The van der Waals surface area contributed by atoms with Crippen LogP contribution in [-0.4, -0.2) is 5.78 Å². The molecule has 3 heteroatoms. The topological polar surface area (TPSA) is 17.1 Å². The van der Waals surface area contributed by atoms with Crippen molar-refractivity contribution in [3.8, 4) is 12.3 Å². The van der Waals surface area contributed by atoms with Crippen LogP contribution in [0.15, 0.2) is 18.2 Å². The summed E-state index contributed by atoms with van der Waals surface area (Å²) in [5.74, 6) is 2.04. The van der Waals surface area contributed by atoms with E-state index in [9.17, 15) is 9.18 Å². The number of carbonyl (C=O) groups excluding carboxylic acids is 1. The molecule has 0 unspecified atom stereocenters. The minimum atomic E-state index is -0.331. The highest BCUT2D eigenvalue weighted by Crippen LogP contribution is 2.16. The van der Waals surface area contributed by atoms with Gasteiger partial charge in [-0.25, -0.2) is 4.39 Å². The third kappa shape index (κ3) is 2.81. The van der Waals surface area contributed by atoms with Gasteiger partial charge in [0.05, 0.1) is 0 Å². The van der Waals surface area contributed by atoms with E-state index >= 15 is 0 Å². The maximum absolute atomic E-state index is 12.7. The number of hydrogen-bond acceptors (Lipinski definition) is 1. The summed E-state index contributed by atoms with van der Waals surface area (Å²) in [6.07, 6.45) is 5.79. The van der Waals surface area contributed by atoms with Gasteiger partial charge in [0.2, 0.25) is 0 Å². The maximum Gasteiger partial charge on any atom is 0.164 e. The smallest absolute Gasteiger partial charge is 0.164 e. The molecule has 0 heterocycles. The summed E-state index contributed by atoms with van der Waals surface area (Å²) >= 11 is 1.94. The first-order chi connectivity index (χ1) is 6.65. The van der Waals surface area contributed by atoms with E-state index in [1.54, 1.807) is 0 Å². The van der Waals surface area contributed by atoms with Crippen molar-refractivity contribution in [3.05, 3.63) is 33.1 Å². The van der Waals surface area contributed by atoms with Gasteiger partial charge in [0.15, 0.2) is 5.78 Å². The summed E-state index contributed by atoms with van der Waals surface area (Å²) < 4.78 is 13.3. The van der Waals surface area contributed by atoms with Crippen LogP contribution < -0.4 is 0 Å². The van der Waals surface area contributed by atoms with Crippen molar-refractivity contribution in [2.45, 2.75) is 12.8 Å². The molecular formula is C11H8FIO. The Morgan fingerprint density at radius 1 is 1.57 bits per heavy atom. The lowest BCUT2D eigenvalue weighted by Crippen LogP contribution is -2.01. The molecule has 1 aromatic rings. The van der Waals surface area contributed by atoms with Crippen LogP contribution in [0.25, 0.3) is 0 Å². The largest absolute Gasteiger partial charge is 0.294 e. The molecule has 0 N–H and O–H groups in total. The Balaban J connectivity index is 2.86. The van der Waals surface area contributed by atoms with Gasteiger partial charge in [-0.05, 0) is 40.8 Å². The van der Waals surface area contributed by atoms with Gasteiger partial charge < -0.3 is 0 Å². The lowest BCUT2D eigenvalue weighted by Gasteiger charge is -2.01. The summed E-state index contributed by atoms with van der Waals surface area (Å²) in [7, 11) is 0. The summed E-state index contributed by atoms with van der Waals surface area (Å²) in [5.41, 5.74) is 0.544. The predicted molar refractivity (Wildman–Crippen MR) is 61.5 cm³/mol. The third-order valence-corrected chi connectivity index (χ3v) is 2.62. The van der Waals surface area contributed by atoms with Crippen molar-refractivity contribution in [3.63, 3.8) is 0 Å². The molecule has 0 amide bonds. The Labute approximate surface area is 95.8 Å². The average Bonchev–Trinajstić information content (AvgIpc) is 2.14. The molecule has 0 aliphatic rings. The lowest BCUT2D eigenvalue weighted by atomic mass is 10.1. The monoisotopic (exact) mass is 302 g/mol. The summed E-state index contributed by atoms with van der Waals surface area (Å²) in [4.78, 5) is 11.5. The molecule has 0 aromatic heterocycles. The van der Waals surface area contributed by atoms with Gasteiger partial charge >= 0.3 is 0 Å². The van der Waals surface area contributed by atoms with Crippen LogP contribution in [-0.2, 0) is 0 Å². The van der Waals surface area contributed by atoms with E-state index in [2.05, 4.69) is 5.92 Å². The minimum Gasteiger partial charge on any atom is -0.294 e. The number of carbonyl (C=O) groups is 1. The summed E-state index contributed by atoms with van der Waals surface area (Å²) in [5, 5.41) is 0. The highest BCUT2D eigenvalue weighted by molar-refractivity contribution is 14.1. The highest BCUT2D eigenvalue weighted by Gasteiger charge is 2.09. The standard InChI is InChI=1S/C11H8FIO/c1-2-3-4-11(14)9-6-5-8(12)7-10(9)13/h1,5-7H,3-4H2. The molecule has 0 aliphatic carbocycles. The Bertz CT molecular complexity index is 393. The van der Waals surface area contributed by atoms with Crippen molar-refractivity contribution in [2.75, 3.05) is 0 Å². The zero-order chi connectivity index (χ0) is 10.6. The van der Waals surface area contributed by atoms with Gasteiger partial charge in [-0.1, -0.05) is 0 Å². The molecule has 0 spiro atoms. The Kier molecular flexibility index (Phi) is 4.08. The molecule has 0 bridgehead atoms. The molecule has 14 heavy (non-hydrogen) atoms. The second kappa shape index (κ2) is 5.11. The number of hydrogen-bond donors (Lipinski definition) is 0. The molecular weight excluding hydrogens is 294 g/mol. The van der Waals surface area contributed by atoms with E-state index in [1.807, 2.05) is 22.6 Å². The number of benzene rings is 1. The van der Waals surface area contributed by atoms with E-state index in [0.29, 0.717) is 22.0 Å². The highest BCUT2D eigenvalue weighted by atomic mass is 127. The Hall–Kier alpha value is -0.890. The van der Waals surface area contributed by atoms with Gasteiger partial charge in [0.25, 0.3) is 0 Å². The summed E-state index contributed by atoms with van der Waals surface area (Å²) in [6.45, 7) is 0. The van der Waals surface area contributed by atoms with Crippen molar-refractivity contribution >= 4 is 28.4 Å². The second-order valence-electron chi connectivity index (χ2n) is 2.75. The third-order valence-electron chi connectivity index (χ3n) is 1.73. The van der Waals surface area contributed by atoms with E-state index in [1.165, 1.54) is 18.2 Å². The first kappa shape index (κ1) is 11.2. The van der Waals surface area contributed by atoms with Crippen LogP contribution in [0.1, 0.15) is 23.2 Å². The molecule has 72 valence electrons. The Morgan fingerprint density at radius 2 is 2.29 bits per heavy atom. The molecule has 0 atom stereocenters. The quantitative estimate of drug-likeness (QED) is 0.476. The zero-order valence-electron chi connectivity index (χ0n) is 7.39. The normalized spacial score (nSPS) is 9.50. The van der Waals surface area contributed by atoms with E-state index in [0.717, 1.165) is 0 Å². The molecule has 1 rings (SSSR count). The van der Waals surface area contributed by atoms with Crippen molar-refractivity contribution in [2.24, 2.45) is 0 Å². The molecule has 0 radical (unpaired) electrons. The van der Waals surface area contributed by atoms with E-state index in [-0.39, 0.29) is 11.6 Å². The maximum atomic E-state index is 12.7. The minimum absolute atomic E-state index is 0.0349. The number of Topliss-reactive ketones (excluding diaryl/α,β-unsaturated/α-hetero) is 1. The number of halogens is 2. The van der Waals surface area contributed by atoms with Crippen LogP contribution >= 0.6 is 22.6 Å². The molecule has 1 nitrogen and oxygen atoms in total. The fourth-order valence-electron chi connectivity index (χ4n) is 1.04. The van der Waals surface area contributed by atoms with Crippen LogP contribution in [0, 0.1) is 21.7 Å². The Morgan fingerprint density at radius 3 is 2.86 bits per heavy atom. The first-order valence-electron chi connectivity index (χ1n) is 4.07. The van der Waals surface area contributed by atoms with Gasteiger partial charge in [-0.15, -0.1) is 12.3 Å². The van der Waals surface area contributed by atoms with Gasteiger partial charge in [-0.2, -0.15) is 0 Å². The predicted octanol–water partition coefficient (Wildman–Crippen LogP) is 3.03. The fraction of sp³-hybridized carbons (Fsp3) is 0.182. The number of ketones is 1. The molecule has 0 aliphatic heterocycles. The lowest BCUT2D eigenvalue weighted by molar-refractivity contribution is 0.0983. The molecule has 0 fully saturated rings. The zero-order valence-corrected chi connectivity index (χ0v) is 9.55. The molecule has 0 saturated heterocycles. The van der Waals surface area contributed by atoms with Crippen LogP contribution in [0.2, 0.25) is 0 Å². The summed E-state index contributed by atoms with van der Waals surface area (Å²) in [6, 6.07) is 4.12. The van der Waals surface area contributed by atoms with Gasteiger partial charge in [0.1, 0.15) is 5.82 Å². The second-order valence-corrected chi connectivity index (χ2v) is 3.91. The van der Waals surface area contributed by atoms with E-state index < -0.39 is 0 Å². The molecule has 0 saturated carbocycles. The van der Waals surface area contributed by atoms with Crippen molar-refractivity contribution in [1.82, 2.24) is 0 Å². The van der Waals surface area contributed by atoms with E-state index in [4.69, 9.17) is 6.42 Å². The van der Waals surface area contributed by atoms with Gasteiger partial charge in [-0.3, -0.25) is 4.79 Å². The van der Waals surface area contributed by atoms with Crippen LogP contribution in [0.5, 0.6) is 0 Å². The number of terminal acetylenes is 1.